The van der Waals surface area contributed by atoms with Crippen molar-refractivity contribution in [1.82, 2.24) is 24.3 Å². The van der Waals surface area contributed by atoms with Crippen LogP contribution in [0.25, 0.3) is 0 Å². The molecule has 2 aromatic heterocycles. The van der Waals surface area contributed by atoms with E-state index in [0.29, 0.717) is 10.6 Å². The Balaban J connectivity index is 1.83. The largest absolute Gasteiger partial charge is 0.329 e. The van der Waals surface area contributed by atoms with Gasteiger partial charge in [-0.05, 0) is 36.9 Å². The number of carbonyl (C=O) groups excluding carboxylic acids is 1. The van der Waals surface area contributed by atoms with Crippen LogP contribution < -0.4 is 5.32 Å². The zero-order chi connectivity index (χ0) is 17.1. The van der Waals surface area contributed by atoms with Gasteiger partial charge in [0.15, 0.2) is 5.16 Å². The van der Waals surface area contributed by atoms with Crippen LogP contribution in [0.1, 0.15) is 13.0 Å². The minimum absolute atomic E-state index is 0.312. The fourth-order valence-electron chi connectivity index (χ4n) is 2.01. The summed E-state index contributed by atoms with van der Waals surface area (Å²) in [5.74, 6) is -0.740. The minimum atomic E-state index is -0.568. The van der Waals surface area contributed by atoms with Crippen LogP contribution in [0.15, 0.2) is 53.3 Å². The van der Waals surface area contributed by atoms with Gasteiger partial charge in [0.1, 0.15) is 24.5 Å². The molecule has 3 aromatic rings. The van der Waals surface area contributed by atoms with Crippen molar-refractivity contribution in [3.63, 3.8) is 0 Å². The number of nitrogens with zero attached hydrogens (tertiary/aromatic N) is 5. The van der Waals surface area contributed by atoms with E-state index in [1.807, 2.05) is 17.8 Å². The van der Waals surface area contributed by atoms with E-state index in [2.05, 4.69) is 20.4 Å². The van der Waals surface area contributed by atoms with Gasteiger partial charge in [-0.25, -0.2) is 19.0 Å². The third kappa shape index (κ3) is 3.46. The fourth-order valence-corrected chi connectivity index (χ4v) is 2.88. The van der Waals surface area contributed by atoms with E-state index >= 15 is 0 Å². The maximum atomic E-state index is 13.6. The van der Waals surface area contributed by atoms with Gasteiger partial charge < -0.3 is 9.88 Å². The summed E-state index contributed by atoms with van der Waals surface area (Å²) in [5.41, 5.74) is 0.389. The molecule has 0 saturated heterocycles. The molecule has 0 unspecified atom stereocenters. The Labute approximate surface area is 141 Å². The number of nitrogens with one attached hydrogen (secondary N) is 1. The lowest BCUT2D eigenvalue weighted by molar-refractivity contribution is -0.119. The van der Waals surface area contributed by atoms with Crippen LogP contribution in [-0.4, -0.2) is 30.2 Å². The Morgan fingerprint density at radius 3 is 2.92 bits per heavy atom. The lowest BCUT2D eigenvalue weighted by atomic mass is 10.2. The third-order valence-electron chi connectivity index (χ3n) is 3.39. The average molecular weight is 346 g/mol. The SMILES string of the molecule is C[C@H](C(=O)Nc1cc(F)ccc1Sc1nccn1C)n1cncn1. The van der Waals surface area contributed by atoms with Gasteiger partial charge in [-0.1, -0.05) is 0 Å². The van der Waals surface area contributed by atoms with E-state index in [1.165, 1.54) is 41.2 Å². The highest BCUT2D eigenvalue weighted by Gasteiger charge is 2.18. The van der Waals surface area contributed by atoms with Crippen molar-refractivity contribution in [1.29, 1.82) is 0 Å². The van der Waals surface area contributed by atoms with E-state index in [1.54, 1.807) is 19.2 Å². The highest BCUT2D eigenvalue weighted by Crippen LogP contribution is 2.33. The summed E-state index contributed by atoms with van der Waals surface area (Å²) in [6.07, 6.45) is 6.31. The first kappa shape index (κ1) is 16.2. The van der Waals surface area contributed by atoms with Gasteiger partial charge in [-0.3, -0.25) is 4.79 Å². The van der Waals surface area contributed by atoms with Crippen LogP contribution in [0.3, 0.4) is 0 Å². The molecule has 0 aliphatic carbocycles. The van der Waals surface area contributed by atoms with E-state index in [9.17, 15) is 9.18 Å². The number of benzene rings is 1. The summed E-state index contributed by atoms with van der Waals surface area (Å²) in [6, 6.07) is 3.69. The topological polar surface area (TPSA) is 77.6 Å². The second kappa shape index (κ2) is 6.83. The predicted octanol–water partition coefficient (Wildman–Crippen LogP) is 2.50. The van der Waals surface area contributed by atoms with Crippen molar-refractivity contribution < 1.29 is 9.18 Å². The van der Waals surface area contributed by atoms with Crippen molar-refractivity contribution in [2.24, 2.45) is 7.05 Å². The molecule has 0 aliphatic rings. The quantitative estimate of drug-likeness (QED) is 0.768. The van der Waals surface area contributed by atoms with Crippen LogP contribution in [0.2, 0.25) is 0 Å². The third-order valence-corrected chi connectivity index (χ3v) is 4.54. The zero-order valence-electron chi connectivity index (χ0n) is 13.0. The smallest absolute Gasteiger partial charge is 0.249 e. The summed E-state index contributed by atoms with van der Waals surface area (Å²) >= 11 is 1.34. The second-order valence-corrected chi connectivity index (χ2v) is 6.11. The maximum Gasteiger partial charge on any atom is 0.249 e. The fraction of sp³-hybridized carbons (Fsp3) is 0.200. The van der Waals surface area contributed by atoms with E-state index < -0.39 is 11.9 Å². The lowest BCUT2D eigenvalue weighted by Gasteiger charge is -2.14. The summed E-state index contributed by atoms with van der Waals surface area (Å²) in [5, 5.41) is 7.43. The van der Waals surface area contributed by atoms with Crippen molar-refractivity contribution in [2.75, 3.05) is 5.32 Å². The first-order valence-corrected chi connectivity index (χ1v) is 7.96. The number of hydrogen-bond donors (Lipinski definition) is 1. The van der Waals surface area contributed by atoms with Gasteiger partial charge in [-0.2, -0.15) is 5.10 Å². The van der Waals surface area contributed by atoms with Gasteiger partial charge in [0.25, 0.3) is 0 Å². The number of carbonyl (C=O) groups is 1. The first-order valence-electron chi connectivity index (χ1n) is 7.14. The molecule has 0 spiro atoms. The molecule has 1 aromatic carbocycles. The molecule has 24 heavy (non-hydrogen) atoms. The predicted molar refractivity (Wildman–Crippen MR) is 87.1 cm³/mol. The Bertz CT molecular complexity index is 848. The molecular weight excluding hydrogens is 331 g/mol. The zero-order valence-corrected chi connectivity index (χ0v) is 13.9. The molecule has 7 nitrogen and oxygen atoms in total. The normalized spacial score (nSPS) is 12.1. The molecule has 0 aliphatic heterocycles. The van der Waals surface area contributed by atoms with E-state index in [4.69, 9.17) is 0 Å². The molecule has 2 heterocycles. The number of aromatic nitrogens is 5. The highest BCUT2D eigenvalue weighted by molar-refractivity contribution is 7.99. The molecule has 1 atom stereocenters. The average Bonchev–Trinajstić information content (AvgIpc) is 3.21. The number of halogens is 1. The molecule has 0 saturated carbocycles. The molecule has 0 bridgehead atoms. The maximum absolute atomic E-state index is 13.6. The Kier molecular flexibility index (Phi) is 4.61. The number of aryl methyl sites for hydroxylation is 1. The molecule has 1 amide bonds. The first-order chi connectivity index (χ1) is 11.5. The van der Waals surface area contributed by atoms with Crippen molar-refractivity contribution in [3.05, 3.63) is 49.1 Å². The van der Waals surface area contributed by atoms with Crippen LogP contribution in [0.5, 0.6) is 0 Å². The van der Waals surface area contributed by atoms with Crippen LogP contribution in [-0.2, 0) is 11.8 Å². The number of anilines is 1. The number of imidazole rings is 1. The Morgan fingerprint density at radius 1 is 1.42 bits per heavy atom. The van der Waals surface area contributed by atoms with Gasteiger partial charge in [0, 0.05) is 24.3 Å². The van der Waals surface area contributed by atoms with Crippen LogP contribution in [0, 0.1) is 5.82 Å². The minimum Gasteiger partial charge on any atom is -0.329 e. The summed E-state index contributed by atoms with van der Waals surface area (Å²) in [6.45, 7) is 1.69. The van der Waals surface area contributed by atoms with Crippen LogP contribution in [0.4, 0.5) is 10.1 Å². The van der Waals surface area contributed by atoms with Gasteiger partial charge in [-0.15, -0.1) is 0 Å². The van der Waals surface area contributed by atoms with Gasteiger partial charge >= 0.3 is 0 Å². The second-order valence-electron chi connectivity index (χ2n) is 5.10. The molecule has 124 valence electrons. The Hall–Kier alpha value is -2.68. The summed E-state index contributed by atoms with van der Waals surface area (Å²) < 4.78 is 16.9. The van der Waals surface area contributed by atoms with E-state index in [-0.39, 0.29) is 5.91 Å². The monoisotopic (exact) mass is 346 g/mol. The molecule has 3 rings (SSSR count). The van der Waals surface area contributed by atoms with Crippen LogP contribution >= 0.6 is 11.8 Å². The van der Waals surface area contributed by atoms with Crippen molar-refractivity contribution in [2.45, 2.75) is 23.0 Å². The Morgan fingerprint density at radius 2 is 2.25 bits per heavy atom. The molecule has 0 fully saturated rings. The van der Waals surface area contributed by atoms with Gasteiger partial charge in [0.2, 0.25) is 5.91 Å². The number of rotatable bonds is 5. The molecule has 0 radical (unpaired) electrons. The molecule has 9 heteroatoms. The summed E-state index contributed by atoms with van der Waals surface area (Å²) in [4.78, 5) is 21.1. The molecule has 1 N–H and O–H groups in total. The highest BCUT2D eigenvalue weighted by atomic mass is 32.2. The molecular formula is C15H15FN6OS. The van der Waals surface area contributed by atoms with Gasteiger partial charge in [0.05, 0.1) is 5.69 Å². The lowest BCUT2D eigenvalue weighted by Crippen LogP contribution is -2.24. The van der Waals surface area contributed by atoms with Crippen molar-refractivity contribution >= 4 is 23.4 Å². The summed E-state index contributed by atoms with van der Waals surface area (Å²) in [7, 11) is 1.86. The standard InChI is InChI=1S/C15H15FN6OS/c1-10(22-9-17-8-19-22)14(23)20-12-7-11(16)3-4-13(12)24-15-18-5-6-21(15)2/h3-10H,1-2H3,(H,20,23)/t10-/m1/s1. The number of amides is 1. The number of hydrogen-bond acceptors (Lipinski definition) is 5. The van der Waals surface area contributed by atoms with E-state index in [0.717, 1.165) is 5.16 Å². The van der Waals surface area contributed by atoms with Crippen molar-refractivity contribution in [3.8, 4) is 0 Å².